The fourth-order valence-corrected chi connectivity index (χ4v) is 6.48. The SMILES string of the molecule is c1ccc(-c2nc(-c3ccccc3)nc(-c3cc4c5cccc(N(c6ccccc6)c6ccccc6)c5oc4c4ccccc34)n2)cc1. The highest BCUT2D eigenvalue weighted by molar-refractivity contribution is 6.20. The molecule has 0 spiro atoms. The Kier molecular flexibility index (Phi) is 6.72. The van der Waals surface area contributed by atoms with E-state index in [-0.39, 0.29) is 0 Å². The molecular weight excluding hydrogens is 589 g/mol. The molecule has 226 valence electrons. The van der Waals surface area contributed by atoms with Crippen molar-refractivity contribution in [3.8, 4) is 34.2 Å². The predicted octanol–water partition coefficient (Wildman–Crippen LogP) is 11.4. The molecule has 0 radical (unpaired) electrons. The zero-order chi connectivity index (χ0) is 31.9. The summed E-state index contributed by atoms with van der Waals surface area (Å²) in [5, 5.41) is 4.04. The maximum absolute atomic E-state index is 6.90. The first-order chi connectivity index (χ1) is 23.8. The zero-order valence-electron chi connectivity index (χ0n) is 25.9. The van der Waals surface area contributed by atoms with Crippen LogP contribution >= 0.6 is 0 Å². The first kappa shape index (κ1) is 27.7. The molecule has 48 heavy (non-hydrogen) atoms. The Balaban J connectivity index is 1.32. The Labute approximate surface area is 277 Å². The first-order valence-electron chi connectivity index (χ1n) is 16.0. The van der Waals surface area contributed by atoms with E-state index in [2.05, 4.69) is 102 Å². The van der Waals surface area contributed by atoms with Gasteiger partial charge in [-0.25, -0.2) is 15.0 Å². The smallest absolute Gasteiger partial charge is 0.164 e. The maximum atomic E-state index is 6.90. The Bertz CT molecular complexity index is 2450. The number of furan rings is 1. The quantitative estimate of drug-likeness (QED) is 0.186. The molecule has 7 aromatic carbocycles. The van der Waals surface area contributed by atoms with Gasteiger partial charge >= 0.3 is 0 Å². The Hall–Kier alpha value is -6.59. The fraction of sp³-hybridized carbons (Fsp3) is 0. The summed E-state index contributed by atoms with van der Waals surface area (Å²) in [7, 11) is 0. The molecule has 0 aliphatic heterocycles. The van der Waals surface area contributed by atoms with Crippen LogP contribution in [0.4, 0.5) is 17.1 Å². The molecular formula is C43H28N4O. The summed E-state index contributed by atoms with van der Waals surface area (Å²) in [6.45, 7) is 0. The molecule has 0 saturated carbocycles. The van der Waals surface area contributed by atoms with Gasteiger partial charge in [0.2, 0.25) is 0 Å². The number of fused-ring (bicyclic) bond motifs is 5. The maximum Gasteiger partial charge on any atom is 0.164 e. The molecule has 9 rings (SSSR count). The van der Waals surface area contributed by atoms with E-state index in [1.54, 1.807) is 0 Å². The third-order valence-electron chi connectivity index (χ3n) is 8.69. The highest BCUT2D eigenvalue weighted by Gasteiger charge is 2.22. The third kappa shape index (κ3) is 4.77. The van der Waals surface area contributed by atoms with Crippen molar-refractivity contribution in [3.63, 3.8) is 0 Å². The second kappa shape index (κ2) is 11.6. The number of rotatable bonds is 6. The monoisotopic (exact) mass is 616 g/mol. The van der Waals surface area contributed by atoms with E-state index in [1.165, 1.54) is 0 Å². The van der Waals surface area contributed by atoms with Gasteiger partial charge in [0.15, 0.2) is 23.1 Å². The van der Waals surface area contributed by atoms with E-state index < -0.39 is 0 Å². The summed E-state index contributed by atoms with van der Waals surface area (Å²) in [5.41, 5.74) is 7.50. The summed E-state index contributed by atoms with van der Waals surface area (Å²) in [5.74, 6) is 1.87. The molecule has 2 aromatic heterocycles. The van der Waals surface area contributed by atoms with Gasteiger partial charge in [0.05, 0.1) is 5.69 Å². The van der Waals surface area contributed by atoms with Crippen LogP contribution in [0.3, 0.4) is 0 Å². The topological polar surface area (TPSA) is 55.1 Å². The van der Waals surface area contributed by atoms with Gasteiger partial charge < -0.3 is 9.32 Å². The fourth-order valence-electron chi connectivity index (χ4n) is 6.48. The minimum absolute atomic E-state index is 0.613. The second-order valence-corrected chi connectivity index (χ2v) is 11.6. The Morgan fingerprint density at radius 2 is 0.833 bits per heavy atom. The van der Waals surface area contributed by atoms with Crippen molar-refractivity contribution in [2.45, 2.75) is 0 Å². The summed E-state index contributed by atoms with van der Waals surface area (Å²) in [4.78, 5) is 17.3. The summed E-state index contributed by atoms with van der Waals surface area (Å²) < 4.78 is 6.90. The van der Waals surface area contributed by atoms with E-state index in [4.69, 9.17) is 19.4 Å². The molecule has 0 unspecified atom stereocenters. The lowest BCUT2D eigenvalue weighted by atomic mass is 9.99. The van der Waals surface area contributed by atoms with Gasteiger partial charge in [0, 0.05) is 44.2 Å². The van der Waals surface area contributed by atoms with Crippen LogP contribution in [0.25, 0.3) is 66.9 Å². The summed E-state index contributed by atoms with van der Waals surface area (Å²) >= 11 is 0. The molecule has 0 fully saturated rings. The molecule has 2 heterocycles. The van der Waals surface area contributed by atoms with Gasteiger partial charge in [-0.15, -0.1) is 0 Å². The lowest BCUT2D eigenvalue weighted by molar-refractivity contribution is 0.673. The van der Waals surface area contributed by atoms with Crippen molar-refractivity contribution < 1.29 is 4.42 Å². The first-order valence-corrected chi connectivity index (χ1v) is 16.0. The van der Waals surface area contributed by atoms with Crippen LogP contribution < -0.4 is 4.90 Å². The molecule has 5 nitrogen and oxygen atoms in total. The Morgan fingerprint density at radius 3 is 1.42 bits per heavy atom. The highest BCUT2D eigenvalue weighted by Crippen LogP contribution is 2.45. The molecule has 0 aliphatic carbocycles. The van der Waals surface area contributed by atoms with Gasteiger partial charge in [-0.05, 0) is 41.8 Å². The van der Waals surface area contributed by atoms with Gasteiger partial charge in [0.1, 0.15) is 5.58 Å². The molecule has 0 bridgehead atoms. The number of anilines is 3. The largest absolute Gasteiger partial charge is 0.453 e. The lowest BCUT2D eigenvalue weighted by Gasteiger charge is -2.25. The van der Waals surface area contributed by atoms with Crippen LogP contribution in [0.2, 0.25) is 0 Å². The van der Waals surface area contributed by atoms with E-state index in [9.17, 15) is 0 Å². The molecule has 9 aromatic rings. The molecule has 0 saturated heterocycles. The average Bonchev–Trinajstić information content (AvgIpc) is 3.56. The zero-order valence-corrected chi connectivity index (χ0v) is 25.9. The molecule has 0 N–H and O–H groups in total. The van der Waals surface area contributed by atoms with Crippen LogP contribution in [-0.4, -0.2) is 15.0 Å². The van der Waals surface area contributed by atoms with Crippen LogP contribution in [0.5, 0.6) is 0 Å². The van der Waals surface area contributed by atoms with Gasteiger partial charge in [-0.3, -0.25) is 0 Å². The van der Waals surface area contributed by atoms with Crippen molar-refractivity contribution in [3.05, 3.63) is 170 Å². The minimum atomic E-state index is 0.613. The number of aromatic nitrogens is 3. The van der Waals surface area contributed by atoms with E-state index >= 15 is 0 Å². The van der Waals surface area contributed by atoms with Crippen LogP contribution in [0, 0.1) is 0 Å². The highest BCUT2D eigenvalue weighted by atomic mass is 16.3. The average molecular weight is 617 g/mol. The van der Waals surface area contributed by atoms with Crippen LogP contribution in [0.15, 0.2) is 174 Å². The number of hydrogen-bond acceptors (Lipinski definition) is 5. The van der Waals surface area contributed by atoms with E-state index in [1.807, 2.05) is 72.8 Å². The number of para-hydroxylation sites is 3. The van der Waals surface area contributed by atoms with Crippen LogP contribution in [0.1, 0.15) is 0 Å². The Morgan fingerprint density at radius 1 is 0.375 bits per heavy atom. The van der Waals surface area contributed by atoms with Gasteiger partial charge in [0.25, 0.3) is 0 Å². The van der Waals surface area contributed by atoms with Crippen molar-refractivity contribution in [1.29, 1.82) is 0 Å². The predicted molar refractivity (Wildman–Crippen MR) is 196 cm³/mol. The van der Waals surface area contributed by atoms with Crippen molar-refractivity contribution in [2.24, 2.45) is 0 Å². The lowest BCUT2D eigenvalue weighted by Crippen LogP contribution is -2.09. The summed E-state index contributed by atoms with van der Waals surface area (Å²) in [6.07, 6.45) is 0. The standard InChI is InChI=1S/C43H28N4O/c1-5-16-29(17-6-1)41-44-42(30-18-7-2-8-19-30)46-43(45-41)37-28-36-35-26-15-27-38(40(35)48-39(36)34-25-14-13-24-33(34)37)47(31-20-9-3-10-21-31)32-22-11-4-12-23-32/h1-28H. The molecule has 5 heteroatoms. The molecule has 0 aliphatic rings. The second-order valence-electron chi connectivity index (χ2n) is 11.6. The number of nitrogens with zero attached hydrogens (tertiary/aromatic N) is 4. The van der Waals surface area contributed by atoms with Crippen molar-refractivity contribution in [1.82, 2.24) is 15.0 Å². The van der Waals surface area contributed by atoms with Crippen molar-refractivity contribution >= 4 is 49.8 Å². The van der Waals surface area contributed by atoms with Crippen LogP contribution in [-0.2, 0) is 0 Å². The molecule has 0 amide bonds. The van der Waals surface area contributed by atoms with E-state index in [0.29, 0.717) is 17.5 Å². The number of hydrogen-bond donors (Lipinski definition) is 0. The van der Waals surface area contributed by atoms with E-state index in [0.717, 1.165) is 66.5 Å². The van der Waals surface area contributed by atoms with Gasteiger partial charge in [-0.1, -0.05) is 133 Å². The normalized spacial score (nSPS) is 11.3. The van der Waals surface area contributed by atoms with Gasteiger partial charge in [-0.2, -0.15) is 0 Å². The van der Waals surface area contributed by atoms with Crippen molar-refractivity contribution in [2.75, 3.05) is 4.90 Å². The number of benzene rings is 7. The minimum Gasteiger partial charge on any atom is -0.453 e. The molecule has 0 atom stereocenters. The third-order valence-corrected chi connectivity index (χ3v) is 8.69. The summed E-state index contributed by atoms with van der Waals surface area (Å²) in [6, 6.07) is 57.8.